The zero-order chi connectivity index (χ0) is 21.4. The minimum absolute atomic E-state index is 0.282. The van der Waals surface area contributed by atoms with Gasteiger partial charge in [-0.25, -0.2) is 0 Å². The fourth-order valence-corrected chi connectivity index (χ4v) is 4.62. The molecule has 1 atom stereocenters. The summed E-state index contributed by atoms with van der Waals surface area (Å²) in [5.74, 6) is 0.455. The quantitative estimate of drug-likeness (QED) is 0.740. The number of aryl methyl sites for hydroxylation is 1. The van der Waals surface area contributed by atoms with Gasteiger partial charge in [0, 0.05) is 30.4 Å². The molecule has 4 nitrogen and oxygen atoms in total. The lowest BCUT2D eigenvalue weighted by atomic mass is 9.62. The summed E-state index contributed by atoms with van der Waals surface area (Å²) in [6.07, 6.45) is 3.09. The molecule has 0 radical (unpaired) electrons. The predicted molar refractivity (Wildman–Crippen MR) is 118 cm³/mol. The lowest BCUT2D eigenvalue weighted by Gasteiger charge is -2.56. The van der Waals surface area contributed by atoms with Gasteiger partial charge in [0.25, 0.3) is 0 Å². The first-order valence-electron chi connectivity index (χ1n) is 10.6. The third-order valence-corrected chi connectivity index (χ3v) is 6.33. The summed E-state index contributed by atoms with van der Waals surface area (Å²) in [7, 11) is 2.09. The van der Waals surface area contributed by atoms with Crippen LogP contribution in [0.2, 0.25) is 0 Å². The van der Waals surface area contributed by atoms with Crippen LogP contribution >= 0.6 is 0 Å². The Hall–Kier alpha value is -1.75. The van der Waals surface area contributed by atoms with Crippen molar-refractivity contribution in [3.63, 3.8) is 0 Å². The summed E-state index contributed by atoms with van der Waals surface area (Å²) >= 11 is 0. The monoisotopic (exact) mass is 396 g/mol. The zero-order valence-electron chi connectivity index (χ0n) is 18.7. The highest BCUT2D eigenvalue weighted by atomic mass is 16.3. The van der Waals surface area contributed by atoms with Gasteiger partial charge >= 0.3 is 0 Å². The first-order valence-corrected chi connectivity index (χ1v) is 10.6. The van der Waals surface area contributed by atoms with Crippen molar-refractivity contribution in [2.24, 2.45) is 5.41 Å². The maximum absolute atomic E-state index is 12.2. The Morgan fingerprint density at radius 1 is 1.07 bits per heavy atom. The zero-order valence-corrected chi connectivity index (χ0v) is 18.7. The van der Waals surface area contributed by atoms with Crippen molar-refractivity contribution in [3.05, 3.63) is 65.0 Å². The van der Waals surface area contributed by atoms with Crippen LogP contribution in [-0.2, 0) is 12.0 Å². The van der Waals surface area contributed by atoms with E-state index in [2.05, 4.69) is 62.0 Å². The molecule has 158 valence electrons. The SMILES string of the molecule is CC(C)c1ccc(C(O)(c2ccnc(CCC(C)(C)O)c2)C2(C)CN(C)C2)cc1. The number of likely N-dealkylation sites (tertiary alicyclic amines) is 1. The van der Waals surface area contributed by atoms with E-state index in [1.165, 1.54) is 5.56 Å². The summed E-state index contributed by atoms with van der Waals surface area (Å²) in [6, 6.07) is 12.4. The van der Waals surface area contributed by atoms with Gasteiger partial charge in [0.05, 0.1) is 5.60 Å². The average molecular weight is 397 g/mol. The number of pyridine rings is 1. The van der Waals surface area contributed by atoms with Crippen molar-refractivity contribution in [1.29, 1.82) is 0 Å². The number of aliphatic hydroxyl groups is 2. The normalized spacial score (nSPS) is 19.1. The van der Waals surface area contributed by atoms with Crippen LogP contribution < -0.4 is 0 Å². The lowest BCUT2D eigenvalue weighted by molar-refractivity contribution is -0.127. The largest absolute Gasteiger partial charge is 0.390 e. The van der Waals surface area contributed by atoms with Gasteiger partial charge < -0.3 is 15.1 Å². The molecule has 0 amide bonds. The second-order valence-corrected chi connectivity index (χ2v) is 10.1. The Balaban J connectivity index is 2.03. The van der Waals surface area contributed by atoms with Crippen molar-refractivity contribution >= 4 is 0 Å². The van der Waals surface area contributed by atoms with E-state index in [0.717, 1.165) is 29.9 Å². The smallest absolute Gasteiger partial charge is 0.122 e. The molecule has 2 N–H and O–H groups in total. The average Bonchev–Trinajstić information content (AvgIpc) is 2.64. The molecule has 1 aliphatic heterocycles. The second kappa shape index (κ2) is 7.82. The molecular formula is C25H36N2O2. The fourth-order valence-electron chi connectivity index (χ4n) is 4.62. The first kappa shape index (κ1) is 21.9. The summed E-state index contributed by atoms with van der Waals surface area (Å²) in [4.78, 5) is 6.74. The van der Waals surface area contributed by atoms with Crippen LogP contribution in [0.4, 0.5) is 0 Å². The number of hydrogen-bond donors (Lipinski definition) is 2. The minimum atomic E-state index is -1.10. The third kappa shape index (κ3) is 4.40. The summed E-state index contributed by atoms with van der Waals surface area (Å²) in [5.41, 5.74) is 1.87. The molecule has 1 aromatic heterocycles. The Morgan fingerprint density at radius 3 is 2.21 bits per heavy atom. The predicted octanol–water partition coefficient (Wildman–Crippen LogP) is 4.10. The Labute approximate surface area is 175 Å². The van der Waals surface area contributed by atoms with Crippen LogP contribution in [0.5, 0.6) is 0 Å². The molecular weight excluding hydrogens is 360 g/mol. The molecule has 2 heterocycles. The topological polar surface area (TPSA) is 56.6 Å². The minimum Gasteiger partial charge on any atom is -0.390 e. The van der Waals surface area contributed by atoms with E-state index >= 15 is 0 Å². The Kier molecular flexibility index (Phi) is 5.92. The van der Waals surface area contributed by atoms with E-state index in [4.69, 9.17) is 0 Å². The number of rotatable bonds is 7. The van der Waals surface area contributed by atoms with E-state index in [-0.39, 0.29) is 5.41 Å². The van der Waals surface area contributed by atoms with Gasteiger partial charge in [-0.2, -0.15) is 0 Å². The van der Waals surface area contributed by atoms with E-state index < -0.39 is 11.2 Å². The number of benzene rings is 1. The van der Waals surface area contributed by atoms with Crippen molar-refractivity contribution in [1.82, 2.24) is 9.88 Å². The highest BCUT2D eigenvalue weighted by molar-refractivity contribution is 5.42. The molecule has 0 aliphatic carbocycles. The van der Waals surface area contributed by atoms with Gasteiger partial charge in [0.1, 0.15) is 5.60 Å². The van der Waals surface area contributed by atoms with Crippen LogP contribution in [0.3, 0.4) is 0 Å². The number of hydrogen-bond acceptors (Lipinski definition) is 4. The third-order valence-electron chi connectivity index (χ3n) is 6.33. The van der Waals surface area contributed by atoms with Crippen LogP contribution in [0.15, 0.2) is 42.6 Å². The number of aromatic nitrogens is 1. The molecule has 3 rings (SSSR count). The van der Waals surface area contributed by atoms with Crippen molar-refractivity contribution in [2.75, 3.05) is 20.1 Å². The molecule has 4 heteroatoms. The molecule has 1 saturated heterocycles. The molecule has 2 aromatic rings. The summed E-state index contributed by atoms with van der Waals surface area (Å²) in [6.45, 7) is 11.8. The van der Waals surface area contributed by atoms with E-state index in [1.807, 2.05) is 26.0 Å². The Bertz CT molecular complexity index is 833. The number of nitrogens with zero attached hydrogens (tertiary/aromatic N) is 2. The maximum Gasteiger partial charge on any atom is 0.122 e. The van der Waals surface area contributed by atoms with Crippen LogP contribution in [-0.4, -0.2) is 45.8 Å². The van der Waals surface area contributed by atoms with E-state index in [9.17, 15) is 10.2 Å². The van der Waals surface area contributed by atoms with Crippen LogP contribution in [0.25, 0.3) is 0 Å². The Morgan fingerprint density at radius 2 is 1.69 bits per heavy atom. The maximum atomic E-state index is 12.2. The second-order valence-electron chi connectivity index (χ2n) is 10.1. The fraction of sp³-hybridized carbons (Fsp3) is 0.560. The molecule has 29 heavy (non-hydrogen) atoms. The van der Waals surface area contributed by atoms with E-state index in [0.29, 0.717) is 18.8 Å². The highest BCUT2D eigenvalue weighted by Gasteiger charge is 2.55. The molecule has 1 unspecified atom stereocenters. The van der Waals surface area contributed by atoms with Crippen molar-refractivity contribution in [3.8, 4) is 0 Å². The van der Waals surface area contributed by atoms with Crippen LogP contribution in [0, 0.1) is 5.41 Å². The first-order chi connectivity index (χ1) is 13.4. The van der Waals surface area contributed by atoms with Gasteiger partial charge in [-0.3, -0.25) is 4.98 Å². The lowest BCUT2D eigenvalue weighted by Crippen LogP contribution is -2.63. The highest BCUT2D eigenvalue weighted by Crippen LogP contribution is 2.50. The standard InChI is InChI=1S/C25H36N2O2/c1-18(2)19-7-9-20(10-8-19)25(29,24(5)16-27(6)17-24)21-12-14-26-22(15-21)11-13-23(3,4)28/h7-10,12,14-15,18,28-29H,11,13,16-17H2,1-6H3. The van der Waals surface area contributed by atoms with Gasteiger partial charge in [-0.15, -0.1) is 0 Å². The molecule has 1 aliphatic rings. The molecule has 1 aromatic carbocycles. The van der Waals surface area contributed by atoms with Crippen molar-refractivity contribution in [2.45, 2.75) is 64.6 Å². The summed E-state index contributed by atoms with van der Waals surface area (Å²) < 4.78 is 0. The molecule has 0 spiro atoms. The van der Waals surface area contributed by atoms with Gasteiger partial charge in [0.2, 0.25) is 0 Å². The summed E-state index contributed by atoms with van der Waals surface area (Å²) in [5, 5.41) is 22.3. The van der Waals surface area contributed by atoms with Gasteiger partial charge in [-0.1, -0.05) is 45.0 Å². The van der Waals surface area contributed by atoms with Gasteiger partial charge in [0.15, 0.2) is 0 Å². The van der Waals surface area contributed by atoms with Gasteiger partial charge in [-0.05, 0) is 68.5 Å². The molecule has 0 saturated carbocycles. The molecule has 1 fully saturated rings. The van der Waals surface area contributed by atoms with E-state index in [1.54, 1.807) is 6.20 Å². The van der Waals surface area contributed by atoms with Crippen molar-refractivity contribution < 1.29 is 10.2 Å². The molecule has 0 bridgehead atoms. The van der Waals surface area contributed by atoms with Crippen LogP contribution in [0.1, 0.15) is 69.3 Å².